The van der Waals surface area contributed by atoms with E-state index in [1.807, 2.05) is 4.90 Å². The molecular formula is C13H26N4O3. The minimum Gasteiger partial charge on any atom is -0.383 e. The Morgan fingerprint density at radius 3 is 2.85 bits per heavy atom. The van der Waals surface area contributed by atoms with Crippen LogP contribution in [0.1, 0.15) is 12.8 Å². The normalized spacial score (nSPS) is 19.6. The number of carbonyl (C=O) groups is 2. The molecule has 0 aromatic rings. The van der Waals surface area contributed by atoms with Crippen molar-refractivity contribution in [3.05, 3.63) is 0 Å². The first kappa shape index (κ1) is 16.9. The van der Waals surface area contributed by atoms with Crippen molar-refractivity contribution in [2.75, 3.05) is 53.0 Å². The van der Waals surface area contributed by atoms with Crippen LogP contribution in [0.15, 0.2) is 0 Å². The molecule has 20 heavy (non-hydrogen) atoms. The second-order valence-corrected chi connectivity index (χ2v) is 5.00. The summed E-state index contributed by atoms with van der Waals surface area (Å²) in [7, 11) is 1.60. The lowest BCUT2D eigenvalue weighted by Crippen LogP contribution is -2.47. The summed E-state index contributed by atoms with van der Waals surface area (Å²) >= 11 is 0. The number of nitrogens with zero attached hydrogens (tertiary/aromatic N) is 1. The molecule has 0 aromatic heterocycles. The predicted molar refractivity (Wildman–Crippen MR) is 76.1 cm³/mol. The second kappa shape index (κ2) is 9.68. The third kappa shape index (κ3) is 6.31. The van der Waals surface area contributed by atoms with Gasteiger partial charge in [0.1, 0.15) is 0 Å². The first-order chi connectivity index (χ1) is 9.67. The number of amides is 2. The summed E-state index contributed by atoms with van der Waals surface area (Å²) in [6.45, 7) is 3.81. The van der Waals surface area contributed by atoms with Gasteiger partial charge in [0, 0.05) is 33.3 Å². The van der Waals surface area contributed by atoms with E-state index in [-0.39, 0.29) is 17.7 Å². The molecule has 0 aromatic carbocycles. The minimum absolute atomic E-state index is 0.0231. The van der Waals surface area contributed by atoms with Crippen LogP contribution in [0.4, 0.5) is 0 Å². The maximum Gasteiger partial charge on any atom is 0.234 e. The highest BCUT2D eigenvalue weighted by molar-refractivity contribution is 5.80. The van der Waals surface area contributed by atoms with Crippen molar-refractivity contribution in [1.29, 1.82) is 0 Å². The van der Waals surface area contributed by atoms with Gasteiger partial charge in [0.05, 0.1) is 19.1 Å². The molecule has 1 fully saturated rings. The van der Waals surface area contributed by atoms with E-state index >= 15 is 0 Å². The van der Waals surface area contributed by atoms with Gasteiger partial charge in [0.25, 0.3) is 0 Å². The number of nitrogens with two attached hydrogens (primary N) is 1. The van der Waals surface area contributed by atoms with E-state index in [9.17, 15) is 9.59 Å². The van der Waals surface area contributed by atoms with Crippen molar-refractivity contribution in [3.8, 4) is 0 Å². The van der Waals surface area contributed by atoms with Gasteiger partial charge >= 0.3 is 0 Å². The molecule has 1 heterocycles. The molecule has 0 aliphatic carbocycles. The second-order valence-electron chi connectivity index (χ2n) is 5.00. The highest BCUT2D eigenvalue weighted by atomic mass is 16.5. The largest absolute Gasteiger partial charge is 0.383 e. The molecular weight excluding hydrogens is 260 g/mol. The van der Waals surface area contributed by atoms with Gasteiger partial charge in [0.15, 0.2) is 0 Å². The number of likely N-dealkylation sites (tertiary alicyclic amines) is 1. The lowest BCUT2D eigenvalue weighted by molar-refractivity contribution is -0.128. The van der Waals surface area contributed by atoms with Crippen LogP contribution in [0.5, 0.6) is 0 Å². The lowest BCUT2D eigenvalue weighted by atomic mass is 9.97. The standard InChI is InChI=1S/C13H26N4O3/c1-20-8-6-15-12(18)10-17-7-2-3-11(9-17)13(19)16-5-4-14/h11H,2-10,14H2,1H3,(H,15,18)(H,16,19). The molecule has 1 atom stereocenters. The van der Waals surface area contributed by atoms with Gasteiger partial charge in [-0.15, -0.1) is 0 Å². The molecule has 1 rings (SSSR count). The number of rotatable bonds is 8. The summed E-state index contributed by atoms with van der Waals surface area (Å²) in [5.74, 6) is -0.0212. The molecule has 7 nitrogen and oxygen atoms in total. The Kier molecular flexibility index (Phi) is 8.17. The Hall–Kier alpha value is -1.18. The highest BCUT2D eigenvalue weighted by Crippen LogP contribution is 2.16. The molecule has 1 aliphatic rings. The van der Waals surface area contributed by atoms with Crippen molar-refractivity contribution >= 4 is 11.8 Å². The van der Waals surface area contributed by atoms with E-state index in [1.54, 1.807) is 7.11 Å². The van der Waals surface area contributed by atoms with Crippen LogP contribution in [0, 0.1) is 5.92 Å². The first-order valence-electron chi connectivity index (χ1n) is 7.13. The van der Waals surface area contributed by atoms with Gasteiger partial charge in [-0.1, -0.05) is 0 Å². The lowest BCUT2D eigenvalue weighted by Gasteiger charge is -2.31. The first-order valence-corrected chi connectivity index (χ1v) is 7.13. The fourth-order valence-electron chi connectivity index (χ4n) is 2.30. The number of nitrogens with one attached hydrogen (secondary N) is 2. The maximum absolute atomic E-state index is 11.9. The van der Waals surface area contributed by atoms with Gasteiger partial charge in [-0.3, -0.25) is 14.5 Å². The Balaban J connectivity index is 2.29. The fraction of sp³-hybridized carbons (Fsp3) is 0.846. The number of piperidine rings is 1. The van der Waals surface area contributed by atoms with E-state index in [0.717, 1.165) is 19.4 Å². The summed E-state index contributed by atoms with van der Waals surface area (Å²) in [5.41, 5.74) is 5.37. The molecule has 0 bridgehead atoms. The van der Waals surface area contributed by atoms with Gasteiger partial charge in [0.2, 0.25) is 11.8 Å². The van der Waals surface area contributed by atoms with E-state index in [0.29, 0.717) is 39.3 Å². The summed E-state index contributed by atoms with van der Waals surface area (Å²) < 4.78 is 4.88. The molecule has 4 N–H and O–H groups in total. The molecule has 0 spiro atoms. The summed E-state index contributed by atoms with van der Waals surface area (Å²) in [5, 5.41) is 5.60. The quantitative estimate of drug-likeness (QED) is 0.474. The van der Waals surface area contributed by atoms with Crippen molar-refractivity contribution in [1.82, 2.24) is 15.5 Å². The van der Waals surface area contributed by atoms with Crippen molar-refractivity contribution in [2.24, 2.45) is 11.7 Å². The molecule has 116 valence electrons. The Morgan fingerprint density at radius 1 is 1.35 bits per heavy atom. The Bertz CT molecular complexity index is 312. The van der Waals surface area contributed by atoms with Crippen molar-refractivity contribution < 1.29 is 14.3 Å². The Morgan fingerprint density at radius 2 is 2.15 bits per heavy atom. The molecule has 2 amide bonds. The van der Waals surface area contributed by atoms with E-state index in [2.05, 4.69) is 10.6 Å². The zero-order valence-corrected chi connectivity index (χ0v) is 12.2. The van der Waals surface area contributed by atoms with Crippen molar-refractivity contribution in [3.63, 3.8) is 0 Å². The summed E-state index contributed by atoms with van der Waals surface area (Å²) in [6, 6.07) is 0. The number of ether oxygens (including phenoxy) is 1. The SMILES string of the molecule is COCCNC(=O)CN1CCCC(C(=O)NCCN)C1. The molecule has 0 saturated carbocycles. The fourth-order valence-corrected chi connectivity index (χ4v) is 2.30. The average molecular weight is 286 g/mol. The molecule has 0 radical (unpaired) electrons. The molecule has 1 saturated heterocycles. The van der Waals surface area contributed by atoms with Crippen LogP contribution in [0.3, 0.4) is 0 Å². The van der Waals surface area contributed by atoms with Crippen LogP contribution in [0.25, 0.3) is 0 Å². The monoisotopic (exact) mass is 286 g/mol. The van der Waals surface area contributed by atoms with Crippen LogP contribution < -0.4 is 16.4 Å². The average Bonchev–Trinajstić information content (AvgIpc) is 2.45. The maximum atomic E-state index is 11.9. The molecule has 7 heteroatoms. The van der Waals surface area contributed by atoms with E-state index < -0.39 is 0 Å². The van der Waals surface area contributed by atoms with Crippen LogP contribution in [-0.2, 0) is 14.3 Å². The zero-order valence-electron chi connectivity index (χ0n) is 12.2. The van der Waals surface area contributed by atoms with Gasteiger partial charge in [-0.2, -0.15) is 0 Å². The highest BCUT2D eigenvalue weighted by Gasteiger charge is 2.26. The number of carbonyl (C=O) groups excluding carboxylic acids is 2. The predicted octanol–water partition coefficient (Wildman–Crippen LogP) is -1.46. The van der Waals surface area contributed by atoms with Crippen LogP contribution >= 0.6 is 0 Å². The molecule has 1 aliphatic heterocycles. The smallest absolute Gasteiger partial charge is 0.234 e. The number of methoxy groups -OCH3 is 1. The summed E-state index contributed by atoms with van der Waals surface area (Å²) in [6.07, 6.45) is 1.81. The van der Waals surface area contributed by atoms with Crippen LogP contribution in [0.2, 0.25) is 0 Å². The number of hydrogen-bond acceptors (Lipinski definition) is 5. The van der Waals surface area contributed by atoms with Gasteiger partial charge in [-0.25, -0.2) is 0 Å². The zero-order chi connectivity index (χ0) is 14.8. The van der Waals surface area contributed by atoms with Crippen LogP contribution in [-0.4, -0.2) is 69.7 Å². The topological polar surface area (TPSA) is 96.7 Å². The third-order valence-corrected chi connectivity index (χ3v) is 3.32. The van der Waals surface area contributed by atoms with Gasteiger partial charge in [-0.05, 0) is 19.4 Å². The third-order valence-electron chi connectivity index (χ3n) is 3.32. The number of hydrogen-bond donors (Lipinski definition) is 3. The van der Waals surface area contributed by atoms with E-state index in [1.165, 1.54) is 0 Å². The Labute approximate surface area is 120 Å². The van der Waals surface area contributed by atoms with Crippen molar-refractivity contribution in [2.45, 2.75) is 12.8 Å². The molecule has 1 unspecified atom stereocenters. The van der Waals surface area contributed by atoms with E-state index in [4.69, 9.17) is 10.5 Å². The summed E-state index contributed by atoms with van der Waals surface area (Å²) in [4.78, 5) is 25.6. The van der Waals surface area contributed by atoms with Gasteiger partial charge < -0.3 is 21.1 Å². The minimum atomic E-state index is -0.0397.